The van der Waals surface area contributed by atoms with E-state index in [0.29, 0.717) is 17.2 Å². The lowest BCUT2D eigenvalue weighted by Crippen LogP contribution is -2.35. The minimum Gasteiger partial charge on any atom is -0.479 e. The molecule has 0 spiro atoms. The van der Waals surface area contributed by atoms with Gasteiger partial charge in [0.1, 0.15) is 0 Å². The van der Waals surface area contributed by atoms with Gasteiger partial charge in [-0.3, -0.25) is 4.79 Å². The zero-order chi connectivity index (χ0) is 15.1. The minimum atomic E-state index is -1.15. The fraction of sp³-hybridized carbons (Fsp3) is 0.429. The highest BCUT2D eigenvalue weighted by atomic mass is 35.5. The lowest BCUT2D eigenvalue weighted by molar-refractivity contribution is -0.142. The quantitative estimate of drug-likeness (QED) is 0.810. The van der Waals surface area contributed by atoms with Gasteiger partial charge in [-0.25, -0.2) is 4.79 Å². The van der Waals surface area contributed by atoms with Crippen LogP contribution >= 0.6 is 11.6 Å². The zero-order valence-electron chi connectivity index (χ0n) is 11.4. The second-order valence-electron chi connectivity index (χ2n) is 4.62. The Labute approximate surface area is 122 Å². The maximum atomic E-state index is 11.9. The first kappa shape index (κ1) is 16.5. The molecule has 0 radical (unpaired) electrons. The summed E-state index contributed by atoms with van der Waals surface area (Å²) in [7, 11) is 1.55. The summed E-state index contributed by atoms with van der Waals surface area (Å²) in [6.07, 6.45) is 0.197. The molecule has 1 amide bonds. The van der Waals surface area contributed by atoms with Gasteiger partial charge in [-0.05, 0) is 12.0 Å². The van der Waals surface area contributed by atoms with Gasteiger partial charge in [0.15, 0.2) is 6.04 Å². The highest BCUT2D eigenvalue weighted by Crippen LogP contribution is 2.23. The van der Waals surface area contributed by atoms with Gasteiger partial charge in [-0.1, -0.05) is 36.7 Å². The van der Waals surface area contributed by atoms with Crippen molar-refractivity contribution in [3.05, 3.63) is 34.9 Å². The smallest absolute Gasteiger partial charge is 0.330 e. The molecule has 0 saturated carbocycles. The van der Waals surface area contributed by atoms with Crippen LogP contribution in [0.15, 0.2) is 24.3 Å². The molecule has 0 aliphatic carbocycles. The number of nitrogens with one attached hydrogen (secondary N) is 1. The second kappa shape index (κ2) is 7.87. The average molecular weight is 300 g/mol. The SMILES string of the molecule is COCC(C)CC(=O)N[C@@H](C(=O)O)c1ccccc1Cl. The highest BCUT2D eigenvalue weighted by molar-refractivity contribution is 6.31. The third-order valence-electron chi connectivity index (χ3n) is 2.75. The number of hydrogen-bond donors (Lipinski definition) is 2. The summed E-state index contributed by atoms with van der Waals surface area (Å²) >= 11 is 5.97. The fourth-order valence-corrected chi connectivity index (χ4v) is 2.11. The Morgan fingerprint density at radius 3 is 2.60 bits per heavy atom. The number of carbonyl (C=O) groups is 2. The van der Waals surface area contributed by atoms with Crippen molar-refractivity contribution in [3.8, 4) is 0 Å². The first-order chi connectivity index (χ1) is 9.45. The number of carboxylic acids is 1. The average Bonchev–Trinajstić information content (AvgIpc) is 2.37. The molecule has 2 N–H and O–H groups in total. The summed E-state index contributed by atoms with van der Waals surface area (Å²) in [4.78, 5) is 23.2. The van der Waals surface area contributed by atoms with Crippen molar-refractivity contribution in [1.29, 1.82) is 0 Å². The van der Waals surface area contributed by atoms with Crippen LogP contribution in [0.1, 0.15) is 24.9 Å². The summed E-state index contributed by atoms with van der Waals surface area (Å²) < 4.78 is 4.94. The number of ether oxygens (including phenoxy) is 1. The van der Waals surface area contributed by atoms with Crippen LogP contribution in [0.3, 0.4) is 0 Å². The van der Waals surface area contributed by atoms with E-state index >= 15 is 0 Å². The van der Waals surface area contributed by atoms with Crippen molar-refractivity contribution >= 4 is 23.5 Å². The number of carbonyl (C=O) groups excluding carboxylic acids is 1. The molecule has 6 heteroatoms. The Balaban J connectivity index is 2.77. The van der Waals surface area contributed by atoms with Crippen molar-refractivity contribution in [1.82, 2.24) is 5.32 Å². The van der Waals surface area contributed by atoms with E-state index in [2.05, 4.69) is 5.32 Å². The second-order valence-corrected chi connectivity index (χ2v) is 5.03. The van der Waals surface area contributed by atoms with Gasteiger partial charge in [0.25, 0.3) is 0 Å². The monoisotopic (exact) mass is 299 g/mol. The summed E-state index contributed by atoms with van der Waals surface area (Å²) in [6.45, 7) is 2.30. The molecule has 0 heterocycles. The number of halogens is 1. The van der Waals surface area contributed by atoms with Gasteiger partial charge < -0.3 is 15.2 Å². The molecule has 2 atom stereocenters. The molecule has 1 rings (SSSR count). The highest BCUT2D eigenvalue weighted by Gasteiger charge is 2.24. The zero-order valence-corrected chi connectivity index (χ0v) is 12.2. The number of benzene rings is 1. The molecular formula is C14H18ClNO4. The van der Waals surface area contributed by atoms with Crippen LogP contribution in [-0.2, 0) is 14.3 Å². The molecule has 1 aromatic carbocycles. The van der Waals surface area contributed by atoms with E-state index < -0.39 is 12.0 Å². The van der Waals surface area contributed by atoms with E-state index in [1.807, 2.05) is 6.92 Å². The van der Waals surface area contributed by atoms with Gasteiger partial charge in [-0.2, -0.15) is 0 Å². The summed E-state index contributed by atoms with van der Waals surface area (Å²) in [5.41, 5.74) is 0.370. The molecule has 0 bridgehead atoms. The van der Waals surface area contributed by atoms with E-state index in [-0.39, 0.29) is 18.2 Å². The van der Waals surface area contributed by atoms with Crippen LogP contribution in [0.2, 0.25) is 5.02 Å². The molecule has 20 heavy (non-hydrogen) atoms. The van der Waals surface area contributed by atoms with E-state index in [1.54, 1.807) is 31.4 Å². The third kappa shape index (κ3) is 4.83. The topological polar surface area (TPSA) is 75.6 Å². The van der Waals surface area contributed by atoms with Crippen LogP contribution in [0.4, 0.5) is 0 Å². The minimum absolute atomic E-state index is 0.0145. The van der Waals surface area contributed by atoms with Crippen LogP contribution in [0.5, 0.6) is 0 Å². The van der Waals surface area contributed by atoms with Crippen LogP contribution in [0.25, 0.3) is 0 Å². The van der Waals surface area contributed by atoms with E-state index in [1.165, 1.54) is 0 Å². The normalized spacial score (nSPS) is 13.6. The Kier molecular flexibility index (Phi) is 6.48. The molecule has 0 fully saturated rings. The van der Waals surface area contributed by atoms with E-state index in [0.717, 1.165) is 0 Å². The fourth-order valence-electron chi connectivity index (χ4n) is 1.86. The molecular weight excluding hydrogens is 282 g/mol. The number of amides is 1. The van der Waals surface area contributed by atoms with Crippen LogP contribution in [-0.4, -0.2) is 30.7 Å². The molecule has 1 unspecified atom stereocenters. The number of aliphatic carboxylic acids is 1. The lowest BCUT2D eigenvalue weighted by Gasteiger charge is -2.17. The van der Waals surface area contributed by atoms with Gasteiger partial charge in [-0.15, -0.1) is 0 Å². The van der Waals surface area contributed by atoms with Crippen LogP contribution in [0, 0.1) is 5.92 Å². The molecule has 110 valence electrons. The maximum Gasteiger partial charge on any atom is 0.330 e. The van der Waals surface area contributed by atoms with Crippen molar-refractivity contribution in [3.63, 3.8) is 0 Å². The van der Waals surface area contributed by atoms with Crippen molar-refractivity contribution in [2.45, 2.75) is 19.4 Å². The predicted octanol–water partition coefficient (Wildman–Crippen LogP) is 2.25. The largest absolute Gasteiger partial charge is 0.479 e. The summed E-state index contributed by atoms with van der Waals surface area (Å²) in [5, 5.41) is 12.0. The molecule has 0 aromatic heterocycles. The van der Waals surface area contributed by atoms with Crippen LogP contribution < -0.4 is 5.32 Å². The predicted molar refractivity (Wildman–Crippen MR) is 75.6 cm³/mol. The standard InChI is InChI=1S/C14H18ClNO4/c1-9(8-20-2)7-12(17)16-13(14(18)19)10-5-3-4-6-11(10)15/h3-6,9,13H,7-8H2,1-2H3,(H,16,17)(H,18,19)/t9?,13-/m1/s1. The van der Waals surface area contributed by atoms with Gasteiger partial charge in [0, 0.05) is 30.7 Å². The Morgan fingerprint density at radius 1 is 1.40 bits per heavy atom. The molecule has 5 nitrogen and oxygen atoms in total. The number of rotatable bonds is 7. The van der Waals surface area contributed by atoms with E-state index in [4.69, 9.17) is 16.3 Å². The Hall–Kier alpha value is -1.59. The first-order valence-corrected chi connectivity index (χ1v) is 6.59. The Morgan fingerprint density at radius 2 is 2.05 bits per heavy atom. The summed E-state index contributed by atoms with van der Waals surface area (Å²) in [5.74, 6) is -1.48. The molecule has 0 aliphatic heterocycles. The van der Waals surface area contributed by atoms with E-state index in [9.17, 15) is 14.7 Å². The number of methoxy groups -OCH3 is 1. The van der Waals surface area contributed by atoms with Crippen molar-refractivity contribution in [2.75, 3.05) is 13.7 Å². The summed E-state index contributed by atoms with van der Waals surface area (Å²) in [6, 6.07) is 5.40. The lowest BCUT2D eigenvalue weighted by atomic mass is 10.1. The third-order valence-corrected chi connectivity index (χ3v) is 3.10. The number of hydrogen-bond acceptors (Lipinski definition) is 3. The molecule has 1 aromatic rings. The van der Waals surface area contributed by atoms with Crippen molar-refractivity contribution in [2.24, 2.45) is 5.92 Å². The maximum absolute atomic E-state index is 11.9. The van der Waals surface area contributed by atoms with Gasteiger partial charge in [0.2, 0.25) is 5.91 Å². The molecule has 0 saturated heterocycles. The van der Waals surface area contributed by atoms with Crippen molar-refractivity contribution < 1.29 is 19.4 Å². The van der Waals surface area contributed by atoms with Gasteiger partial charge >= 0.3 is 5.97 Å². The molecule has 0 aliphatic rings. The first-order valence-electron chi connectivity index (χ1n) is 6.21. The number of carboxylic acid groups (broad SMARTS) is 1. The van der Waals surface area contributed by atoms with Gasteiger partial charge in [0.05, 0.1) is 0 Å². The Bertz CT molecular complexity index is 478.